The summed E-state index contributed by atoms with van der Waals surface area (Å²) in [7, 11) is 0. The first-order valence-corrected chi connectivity index (χ1v) is 9.26. The number of thioether (sulfide) groups is 1. The third-order valence-electron chi connectivity index (χ3n) is 3.99. The summed E-state index contributed by atoms with van der Waals surface area (Å²) in [5.41, 5.74) is 1.02. The predicted octanol–water partition coefficient (Wildman–Crippen LogP) is 3.64. The predicted molar refractivity (Wildman–Crippen MR) is 97.6 cm³/mol. The number of carbonyl (C=O) groups is 1. The molecule has 0 bridgehead atoms. The molecule has 1 unspecified atom stereocenters. The van der Waals surface area contributed by atoms with Crippen LogP contribution < -0.4 is 4.90 Å². The Labute approximate surface area is 158 Å². The fourth-order valence-electron chi connectivity index (χ4n) is 2.39. The number of hydrogen-bond acceptors (Lipinski definition) is 5. The standard InChI is InChI=1S/C16H16ClF2N5OS/c1-2-23(15(25)14(20)26-9-10-6-16(10,18)19)12-8-24(22-13(12)17)11-4-3-5-21-7-11/h3-5,7-8,10,20H,2,6,9H2,1H3. The van der Waals surface area contributed by atoms with Crippen LogP contribution in [0.2, 0.25) is 5.15 Å². The molecule has 1 aliphatic carbocycles. The average molecular weight is 400 g/mol. The Balaban J connectivity index is 1.72. The lowest BCUT2D eigenvalue weighted by Gasteiger charge is -2.19. The summed E-state index contributed by atoms with van der Waals surface area (Å²) in [4.78, 5) is 17.9. The number of amides is 1. The monoisotopic (exact) mass is 399 g/mol. The van der Waals surface area contributed by atoms with Crippen molar-refractivity contribution >= 4 is 40.0 Å². The first-order valence-electron chi connectivity index (χ1n) is 7.90. The second-order valence-electron chi connectivity index (χ2n) is 5.81. The Morgan fingerprint density at radius 3 is 2.88 bits per heavy atom. The van der Waals surface area contributed by atoms with Gasteiger partial charge >= 0.3 is 0 Å². The highest BCUT2D eigenvalue weighted by atomic mass is 35.5. The van der Waals surface area contributed by atoms with E-state index in [4.69, 9.17) is 17.0 Å². The Kier molecular flexibility index (Phi) is 5.29. The average Bonchev–Trinajstić information content (AvgIpc) is 3.06. The van der Waals surface area contributed by atoms with Gasteiger partial charge in [0.25, 0.3) is 11.8 Å². The van der Waals surface area contributed by atoms with E-state index in [0.29, 0.717) is 11.4 Å². The zero-order valence-corrected chi connectivity index (χ0v) is 15.4. The van der Waals surface area contributed by atoms with Crippen molar-refractivity contribution in [2.75, 3.05) is 17.2 Å². The number of halogens is 3. The van der Waals surface area contributed by atoms with E-state index in [0.717, 1.165) is 11.8 Å². The van der Waals surface area contributed by atoms with Gasteiger partial charge in [-0.05, 0) is 19.1 Å². The van der Waals surface area contributed by atoms with Crippen LogP contribution in [0.25, 0.3) is 5.69 Å². The number of carbonyl (C=O) groups excluding carboxylic acids is 1. The molecule has 26 heavy (non-hydrogen) atoms. The normalized spacial score (nSPS) is 17.8. The molecule has 1 aliphatic rings. The first kappa shape index (κ1) is 18.8. The van der Waals surface area contributed by atoms with Crippen molar-refractivity contribution < 1.29 is 13.6 Å². The van der Waals surface area contributed by atoms with Gasteiger partial charge in [0.05, 0.1) is 18.1 Å². The van der Waals surface area contributed by atoms with Crippen LogP contribution in [0.15, 0.2) is 30.7 Å². The minimum atomic E-state index is -2.66. The highest BCUT2D eigenvalue weighted by Crippen LogP contribution is 2.50. The van der Waals surface area contributed by atoms with Gasteiger partial charge in [-0.25, -0.2) is 13.5 Å². The smallest absolute Gasteiger partial charge is 0.282 e. The van der Waals surface area contributed by atoms with Gasteiger partial charge in [-0.2, -0.15) is 5.10 Å². The summed E-state index contributed by atoms with van der Waals surface area (Å²) in [5.74, 6) is -3.95. The van der Waals surface area contributed by atoms with Crippen molar-refractivity contribution in [2.24, 2.45) is 5.92 Å². The van der Waals surface area contributed by atoms with Gasteiger partial charge in [0, 0.05) is 30.8 Å². The zero-order valence-electron chi connectivity index (χ0n) is 13.8. The molecule has 1 N–H and O–H groups in total. The van der Waals surface area contributed by atoms with E-state index >= 15 is 0 Å². The fraction of sp³-hybridized carbons (Fsp3) is 0.375. The van der Waals surface area contributed by atoms with Crippen molar-refractivity contribution in [3.05, 3.63) is 35.9 Å². The quantitative estimate of drug-likeness (QED) is 0.615. The second kappa shape index (κ2) is 7.32. The maximum Gasteiger partial charge on any atom is 0.282 e. The third-order valence-corrected chi connectivity index (χ3v) is 5.29. The molecule has 138 valence electrons. The largest absolute Gasteiger partial charge is 0.303 e. The van der Waals surface area contributed by atoms with E-state index in [1.807, 2.05) is 0 Å². The number of nitrogens with zero attached hydrogens (tertiary/aromatic N) is 4. The number of anilines is 1. The molecule has 0 spiro atoms. The van der Waals surface area contributed by atoms with Crippen molar-refractivity contribution in [3.8, 4) is 5.69 Å². The van der Waals surface area contributed by atoms with Gasteiger partial charge in [-0.1, -0.05) is 11.6 Å². The van der Waals surface area contributed by atoms with Crippen LogP contribution in [-0.4, -0.2) is 43.9 Å². The maximum atomic E-state index is 12.9. The lowest BCUT2D eigenvalue weighted by Crippen LogP contribution is -2.35. The summed E-state index contributed by atoms with van der Waals surface area (Å²) in [6.07, 6.45) is 4.62. The molecule has 0 saturated heterocycles. The summed E-state index contributed by atoms with van der Waals surface area (Å²) in [5, 5.41) is 11.9. The highest BCUT2D eigenvalue weighted by molar-refractivity contribution is 8.15. The summed E-state index contributed by atoms with van der Waals surface area (Å²) >= 11 is 7.01. The molecule has 1 amide bonds. The van der Waals surface area contributed by atoms with E-state index in [9.17, 15) is 13.6 Å². The Morgan fingerprint density at radius 1 is 1.58 bits per heavy atom. The maximum absolute atomic E-state index is 12.9. The van der Waals surface area contributed by atoms with E-state index in [-0.39, 0.29) is 28.9 Å². The lowest BCUT2D eigenvalue weighted by molar-refractivity contribution is -0.112. The van der Waals surface area contributed by atoms with Gasteiger partial charge in [0.2, 0.25) is 0 Å². The molecule has 6 nitrogen and oxygen atoms in total. The SMILES string of the molecule is CCN(C(=O)C(=N)SCC1CC1(F)F)c1cn(-c2cccnc2)nc1Cl. The number of nitrogens with one attached hydrogen (secondary N) is 1. The van der Waals surface area contributed by atoms with E-state index in [1.165, 1.54) is 9.58 Å². The lowest BCUT2D eigenvalue weighted by atomic mass is 10.4. The number of rotatable bonds is 5. The van der Waals surface area contributed by atoms with Crippen LogP contribution in [0.5, 0.6) is 0 Å². The van der Waals surface area contributed by atoms with Crippen LogP contribution in [-0.2, 0) is 4.79 Å². The second-order valence-corrected chi connectivity index (χ2v) is 7.20. The molecular weight excluding hydrogens is 384 g/mol. The first-order chi connectivity index (χ1) is 12.3. The van der Waals surface area contributed by atoms with Crippen molar-refractivity contribution in [3.63, 3.8) is 0 Å². The zero-order chi connectivity index (χ0) is 18.9. The third kappa shape index (κ3) is 3.88. The van der Waals surface area contributed by atoms with Gasteiger partial charge < -0.3 is 4.90 Å². The summed E-state index contributed by atoms with van der Waals surface area (Å²) < 4.78 is 27.4. The van der Waals surface area contributed by atoms with Crippen LogP contribution in [0.4, 0.5) is 14.5 Å². The number of aromatic nitrogens is 3. The minimum absolute atomic E-state index is 0.0534. The van der Waals surface area contributed by atoms with E-state index in [1.54, 1.807) is 37.6 Å². The number of hydrogen-bond donors (Lipinski definition) is 1. The van der Waals surface area contributed by atoms with Crippen LogP contribution in [0.1, 0.15) is 13.3 Å². The Bertz CT molecular complexity index is 829. The van der Waals surface area contributed by atoms with Gasteiger partial charge in [0.1, 0.15) is 5.69 Å². The Morgan fingerprint density at radius 2 is 2.31 bits per heavy atom. The molecule has 10 heteroatoms. The number of pyridine rings is 1. The van der Waals surface area contributed by atoms with Crippen molar-refractivity contribution in [2.45, 2.75) is 19.3 Å². The summed E-state index contributed by atoms with van der Waals surface area (Å²) in [6, 6.07) is 3.53. The van der Waals surface area contributed by atoms with Crippen LogP contribution in [0.3, 0.4) is 0 Å². The number of alkyl halides is 2. The van der Waals surface area contributed by atoms with Gasteiger partial charge in [0.15, 0.2) is 10.2 Å². The Hall–Kier alpha value is -2.00. The molecule has 1 fully saturated rings. The van der Waals surface area contributed by atoms with Crippen molar-refractivity contribution in [1.29, 1.82) is 5.41 Å². The molecule has 2 aromatic rings. The van der Waals surface area contributed by atoms with Gasteiger partial charge in [-0.3, -0.25) is 15.2 Å². The topological polar surface area (TPSA) is 74.9 Å². The molecule has 1 atom stereocenters. The molecule has 2 heterocycles. The van der Waals surface area contributed by atoms with E-state index in [2.05, 4.69) is 10.1 Å². The highest BCUT2D eigenvalue weighted by Gasteiger charge is 2.56. The van der Waals surface area contributed by atoms with Gasteiger partial charge in [-0.15, -0.1) is 11.8 Å². The fourth-order valence-corrected chi connectivity index (χ4v) is 3.58. The molecule has 0 aromatic carbocycles. The summed E-state index contributed by atoms with van der Waals surface area (Å²) in [6.45, 7) is 2.00. The van der Waals surface area contributed by atoms with Crippen molar-refractivity contribution in [1.82, 2.24) is 14.8 Å². The molecule has 2 aromatic heterocycles. The molecular formula is C16H16ClF2N5OS. The molecule has 1 saturated carbocycles. The molecule has 0 radical (unpaired) electrons. The minimum Gasteiger partial charge on any atom is -0.303 e. The van der Waals surface area contributed by atoms with E-state index < -0.39 is 17.7 Å². The van der Waals surface area contributed by atoms with Crippen LogP contribution >= 0.6 is 23.4 Å². The van der Waals surface area contributed by atoms with Crippen LogP contribution in [0, 0.1) is 11.3 Å². The molecule has 0 aliphatic heterocycles. The molecule has 3 rings (SSSR count).